The van der Waals surface area contributed by atoms with Crippen LogP contribution in [0.4, 0.5) is 0 Å². The molecule has 0 spiro atoms. The quantitative estimate of drug-likeness (QED) is 0.737. The molecule has 1 aromatic carbocycles. The highest BCUT2D eigenvalue weighted by Crippen LogP contribution is 2.06. The molecule has 0 heterocycles. The maximum absolute atomic E-state index is 11.4. The molecular weight excluding hydrogens is 246 g/mol. The lowest BCUT2D eigenvalue weighted by molar-refractivity contribution is 0.575. The summed E-state index contributed by atoms with van der Waals surface area (Å²) in [4.78, 5) is 0. The number of aryl methyl sites for hydroxylation is 2. The zero-order valence-electron chi connectivity index (χ0n) is 11.3. The molecule has 0 unspecified atom stereocenters. The normalized spacial score (nSPS) is 11.7. The molecule has 18 heavy (non-hydrogen) atoms. The van der Waals surface area contributed by atoms with Crippen molar-refractivity contribution in [2.75, 3.05) is 12.3 Å². The lowest BCUT2D eigenvalue weighted by atomic mass is 10.1. The Morgan fingerprint density at radius 2 is 1.78 bits per heavy atom. The van der Waals surface area contributed by atoms with Gasteiger partial charge in [-0.3, -0.25) is 0 Å². The van der Waals surface area contributed by atoms with Crippen molar-refractivity contribution < 1.29 is 8.42 Å². The Morgan fingerprint density at radius 1 is 1.11 bits per heavy atom. The fourth-order valence-electron chi connectivity index (χ4n) is 1.78. The first-order valence-corrected chi connectivity index (χ1v) is 8.21. The number of unbranched alkanes of at least 4 members (excludes halogenated alkanes) is 1. The standard InChI is InChI=1S/C14H23NO2S/c1-3-12-18(16,17)15-11-5-4-6-14-9-7-13(2)8-10-14/h7-10,15H,3-6,11-12H2,1-2H3. The van der Waals surface area contributed by atoms with Gasteiger partial charge < -0.3 is 0 Å². The molecule has 0 radical (unpaired) electrons. The first kappa shape index (κ1) is 15.2. The van der Waals surface area contributed by atoms with Gasteiger partial charge in [0.1, 0.15) is 0 Å². The van der Waals surface area contributed by atoms with Gasteiger partial charge in [0.25, 0.3) is 0 Å². The Labute approximate surface area is 111 Å². The van der Waals surface area contributed by atoms with Gasteiger partial charge in [-0.15, -0.1) is 0 Å². The summed E-state index contributed by atoms with van der Waals surface area (Å²) in [5.41, 5.74) is 2.59. The Balaban J connectivity index is 2.18. The molecule has 0 aliphatic rings. The first-order valence-electron chi connectivity index (χ1n) is 6.56. The van der Waals surface area contributed by atoms with Gasteiger partial charge in [-0.2, -0.15) is 0 Å². The van der Waals surface area contributed by atoms with Crippen molar-refractivity contribution in [2.24, 2.45) is 0 Å². The minimum Gasteiger partial charge on any atom is -0.215 e. The maximum atomic E-state index is 11.4. The molecule has 102 valence electrons. The van der Waals surface area contributed by atoms with Crippen molar-refractivity contribution in [2.45, 2.75) is 39.5 Å². The summed E-state index contributed by atoms with van der Waals surface area (Å²) in [6.45, 7) is 4.50. The second-order valence-electron chi connectivity index (χ2n) is 4.66. The predicted molar refractivity (Wildman–Crippen MR) is 76.2 cm³/mol. The zero-order chi connectivity index (χ0) is 13.4. The highest BCUT2D eigenvalue weighted by Gasteiger charge is 2.06. The molecule has 3 nitrogen and oxygen atoms in total. The highest BCUT2D eigenvalue weighted by atomic mass is 32.2. The number of nitrogens with one attached hydrogen (secondary N) is 1. The molecule has 4 heteroatoms. The molecule has 0 amide bonds. The average Bonchev–Trinajstić information content (AvgIpc) is 2.31. The van der Waals surface area contributed by atoms with Crippen LogP contribution >= 0.6 is 0 Å². The van der Waals surface area contributed by atoms with E-state index in [0.29, 0.717) is 13.0 Å². The molecule has 0 fully saturated rings. The van der Waals surface area contributed by atoms with E-state index in [4.69, 9.17) is 0 Å². The van der Waals surface area contributed by atoms with Gasteiger partial charge in [0.15, 0.2) is 0 Å². The van der Waals surface area contributed by atoms with Crippen LogP contribution in [0.25, 0.3) is 0 Å². The fourth-order valence-corrected chi connectivity index (χ4v) is 2.91. The van der Waals surface area contributed by atoms with E-state index in [1.807, 2.05) is 6.92 Å². The molecule has 0 aliphatic heterocycles. The summed E-state index contributed by atoms with van der Waals surface area (Å²) in [5, 5.41) is 0. The Morgan fingerprint density at radius 3 is 2.39 bits per heavy atom. The molecular formula is C14H23NO2S. The zero-order valence-corrected chi connectivity index (χ0v) is 12.1. The van der Waals surface area contributed by atoms with Crippen molar-refractivity contribution in [3.63, 3.8) is 0 Å². The van der Waals surface area contributed by atoms with Gasteiger partial charge >= 0.3 is 0 Å². The predicted octanol–water partition coefficient (Wildman–Crippen LogP) is 2.65. The molecule has 1 aromatic rings. The van der Waals surface area contributed by atoms with E-state index in [0.717, 1.165) is 19.3 Å². The van der Waals surface area contributed by atoms with E-state index in [1.54, 1.807) is 0 Å². The van der Waals surface area contributed by atoms with E-state index in [1.165, 1.54) is 11.1 Å². The lowest BCUT2D eigenvalue weighted by Crippen LogP contribution is -2.27. The third kappa shape index (κ3) is 6.17. The molecule has 0 atom stereocenters. The first-order chi connectivity index (χ1) is 8.53. The van der Waals surface area contributed by atoms with Crippen molar-refractivity contribution >= 4 is 10.0 Å². The number of rotatable bonds is 8. The second-order valence-corrected chi connectivity index (χ2v) is 6.58. The van der Waals surface area contributed by atoms with Crippen molar-refractivity contribution in [3.8, 4) is 0 Å². The summed E-state index contributed by atoms with van der Waals surface area (Å²) in [6, 6.07) is 8.49. The number of sulfonamides is 1. The van der Waals surface area contributed by atoms with Crippen LogP contribution < -0.4 is 4.72 Å². The van der Waals surface area contributed by atoms with Crippen molar-refractivity contribution in [1.29, 1.82) is 0 Å². The Kier molecular flexibility index (Phi) is 6.36. The van der Waals surface area contributed by atoms with E-state index < -0.39 is 10.0 Å². The van der Waals surface area contributed by atoms with Gasteiger partial charge in [0.2, 0.25) is 10.0 Å². The van der Waals surface area contributed by atoms with Gasteiger partial charge in [-0.25, -0.2) is 13.1 Å². The molecule has 0 aliphatic carbocycles. The van der Waals surface area contributed by atoms with Gasteiger partial charge in [0, 0.05) is 6.54 Å². The number of hydrogen-bond acceptors (Lipinski definition) is 2. The summed E-state index contributed by atoms with van der Waals surface area (Å²) in [5.74, 6) is 0.227. The molecule has 1 rings (SSSR count). The minimum absolute atomic E-state index is 0.227. The van der Waals surface area contributed by atoms with Gasteiger partial charge in [-0.05, 0) is 38.2 Å². The van der Waals surface area contributed by atoms with Crippen LogP contribution in [0.3, 0.4) is 0 Å². The smallest absolute Gasteiger partial charge is 0.211 e. The molecule has 0 saturated heterocycles. The van der Waals surface area contributed by atoms with Crippen LogP contribution in [-0.4, -0.2) is 20.7 Å². The molecule has 0 bridgehead atoms. The van der Waals surface area contributed by atoms with Crippen LogP contribution in [0.2, 0.25) is 0 Å². The number of hydrogen-bond donors (Lipinski definition) is 1. The van der Waals surface area contributed by atoms with Crippen LogP contribution in [0.1, 0.15) is 37.3 Å². The monoisotopic (exact) mass is 269 g/mol. The van der Waals surface area contributed by atoms with E-state index in [9.17, 15) is 8.42 Å². The van der Waals surface area contributed by atoms with Crippen LogP contribution in [0, 0.1) is 6.92 Å². The lowest BCUT2D eigenvalue weighted by Gasteiger charge is -2.05. The average molecular weight is 269 g/mol. The summed E-state index contributed by atoms with van der Waals surface area (Å²) in [6.07, 6.45) is 3.57. The Bertz CT molecular complexity index is 437. The molecule has 0 saturated carbocycles. The van der Waals surface area contributed by atoms with Crippen LogP contribution in [0.5, 0.6) is 0 Å². The third-order valence-corrected chi connectivity index (χ3v) is 4.40. The van der Waals surface area contributed by atoms with Gasteiger partial charge in [-0.1, -0.05) is 36.8 Å². The fraction of sp³-hybridized carbons (Fsp3) is 0.571. The maximum Gasteiger partial charge on any atom is 0.211 e. The van der Waals surface area contributed by atoms with Crippen LogP contribution in [-0.2, 0) is 16.4 Å². The van der Waals surface area contributed by atoms with E-state index >= 15 is 0 Å². The van der Waals surface area contributed by atoms with E-state index in [-0.39, 0.29) is 5.75 Å². The summed E-state index contributed by atoms with van der Waals surface area (Å²) in [7, 11) is -3.03. The van der Waals surface area contributed by atoms with Gasteiger partial charge in [0.05, 0.1) is 5.75 Å². The van der Waals surface area contributed by atoms with Crippen LogP contribution in [0.15, 0.2) is 24.3 Å². The molecule has 0 aromatic heterocycles. The third-order valence-electron chi connectivity index (χ3n) is 2.81. The summed E-state index contributed by atoms with van der Waals surface area (Å²) >= 11 is 0. The van der Waals surface area contributed by atoms with E-state index in [2.05, 4.69) is 35.9 Å². The number of benzene rings is 1. The summed E-state index contributed by atoms with van der Waals surface area (Å²) < 4.78 is 25.4. The Hall–Kier alpha value is -0.870. The molecule has 1 N–H and O–H groups in total. The second kappa shape index (κ2) is 7.54. The topological polar surface area (TPSA) is 46.2 Å². The van der Waals surface area contributed by atoms with Crippen molar-refractivity contribution in [3.05, 3.63) is 35.4 Å². The largest absolute Gasteiger partial charge is 0.215 e. The highest BCUT2D eigenvalue weighted by molar-refractivity contribution is 7.89. The van der Waals surface area contributed by atoms with Crippen molar-refractivity contribution in [1.82, 2.24) is 4.72 Å². The SMILES string of the molecule is CCCS(=O)(=O)NCCCCc1ccc(C)cc1. The minimum atomic E-state index is -3.03.